The maximum atomic E-state index is 10.6. The lowest BCUT2D eigenvalue weighted by Gasteiger charge is -2.36. The summed E-state index contributed by atoms with van der Waals surface area (Å²) in [7, 11) is 0. The van der Waals surface area contributed by atoms with Crippen LogP contribution in [0.25, 0.3) is 0 Å². The smallest absolute Gasteiger partial charge is 0.312 e. The van der Waals surface area contributed by atoms with E-state index in [9.17, 15) is 4.79 Å². The van der Waals surface area contributed by atoms with E-state index >= 15 is 0 Å². The quantitative estimate of drug-likeness (QED) is 0.425. The number of cyclic esters (lactones) is 1. The van der Waals surface area contributed by atoms with Gasteiger partial charge in [-0.1, -0.05) is 29.5 Å². The minimum absolute atomic E-state index is 0.0401. The third-order valence-corrected chi connectivity index (χ3v) is 3.31. The van der Waals surface area contributed by atoms with Crippen LogP contribution >= 0.6 is 22.6 Å². The van der Waals surface area contributed by atoms with Gasteiger partial charge in [-0.25, -0.2) is 0 Å². The van der Waals surface area contributed by atoms with Crippen LogP contribution < -0.4 is 0 Å². The monoisotopic (exact) mass is 254 g/mol. The molecule has 0 radical (unpaired) electrons. The molecule has 10 heavy (non-hydrogen) atoms. The molecule has 0 aromatic heterocycles. The Morgan fingerprint density at radius 3 is 2.70 bits per heavy atom. The fourth-order valence-corrected chi connectivity index (χ4v) is 1.60. The molecule has 0 aromatic rings. The second-order valence-electron chi connectivity index (χ2n) is 2.82. The van der Waals surface area contributed by atoms with Gasteiger partial charge in [0.25, 0.3) is 0 Å². The van der Waals surface area contributed by atoms with E-state index in [1.807, 2.05) is 6.92 Å². The first-order valence-electron chi connectivity index (χ1n) is 3.43. The van der Waals surface area contributed by atoms with Gasteiger partial charge in [-0.05, 0) is 6.92 Å². The van der Waals surface area contributed by atoms with Crippen molar-refractivity contribution >= 4 is 28.6 Å². The Morgan fingerprint density at radius 1 is 1.80 bits per heavy atom. The molecule has 1 saturated heterocycles. The van der Waals surface area contributed by atoms with Crippen LogP contribution in [0.5, 0.6) is 0 Å². The highest BCUT2D eigenvalue weighted by atomic mass is 127. The van der Waals surface area contributed by atoms with Crippen molar-refractivity contribution in [1.82, 2.24) is 0 Å². The second-order valence-corrected chi connectivity index (χ2v) is 3.70. The summed E-state index contributed by atoms with van der Waals surface area (Å²) in [5.41, 5.74) is 0. The summed E-state index contributed by atoms with van der Waals surface area (Å²) in [6, 6.07) is 0. The molecular formula is C7H11IO2. The number of carbonyl (C=O) groups excluding carboxylic acids is 1. The summed E-state index contributed by atoms with van der Waals surface area (Å²) in [4.78, 5) is 10.6. The molecule has 1 aliphatic rings. The van der Waals surface area contributed by atoms with Gasteiger partial charge >= 0.3 is 5.97 Å². The molecule has 0 aromatic carbocycles. The standard InChI is InChI=1S/C7H11IO2/c1-4(3-8)6-5(2)7(9)10-6/h4-6H,3H2,1-2H3/t4-,5-,6-/m0/s1. The zero-order chi connectivity index (χ0) is 7.72. The first-order valence-corrected chi connectivity index (χ1v) is 4.96. The molecule has 0 N–H and O–H groups in total. The zero-order valence-electron chi connectivity index (χ0n) is 6.13. The van der Waals surface area contributed by atoms with Crippen LogP contribution in [-0.2, 0) is 9.53 Å². The van der Waals surface area contributed by atoms with Crippen molar-refractivity contribution in [3.05, 3.63) is 0 Å². The molecule has 0 spiro atoms. The van der Waals surface area contributed by atoms with Gasteiger partial charge in [0.15, 0.2) is 0 Å². The number of alkyl halides is 1. The molecule has 0 saturated carbocycles. The van der Waals surface area contributed by atoms with Crippen LogP contribution in [0, 0.1) is 11.8 Å². The fraction of sp³-hybridized carbons (Fsp3) is 0.857. The maximum Gasteiger partial charge on any atom is 0.312 e. The maximum absolute atomic E-state index is 10.6. The highest BCUT2D eigenvalue weighted by Crippen LogP contribution is 2.28. The highest BCUT2D eigenvalue weighted by molar-refractivity contribution is 14.1. The SMILES string of the molecule is C[C@@H]1C(=O)O[C@H]1[C@@H](C)CI. The molecule has 2 nitrogen and oxygen atoms in total. The first kappa shape index (κ1) is 8.30. The van der Waals surface area contributed by atoms with Gasteiger partial charge in [0.05, 0.1) is 5.92 Å². The molecule has 1 heterocycles. The van der Waals surface area contributed by atoms with E-state index in [-0.39, 0.29) is 18.0 Å². The minimum Gasteiger partial charge on any atom is -0.461 e. The van der Waals surface area contributed by atoms with Gasteiger partial charge in [-0.2, -0.15) is 0 Å². The van der Waals surface area contributed by atoms with Gasteiger partial charge in [0, 0.05) is 10.3 Å². The second kappa shape index (κ2) is 3.07. The lowest BCUT2D eigenvalue weighted by Crippen LogP contribution is -2.47. The number of hydrogen-bond donors (Lipinski definition) is 0. The van der Waals surface area contributed by atoms with Crippen molar-refractivity contribution in [2.75, 3.05) is 4.43 Å². The average molecular weight is 254 g/mol. The van der Waals surface area contributed by atoms with Gasteiger partial charge < -0.3 is 4.74 Å². The number of carbonyl (C=O) groups is 1. The molecule has 1 rings (SSSR count). The van der Waals surface area contributed by atoms with E-state index in [2.05, 4.69) is 29.5 Å². The van der Waals surface area contributed by atoms with Crippen molar-refractivity contribution in [3.8, 4) is 0 Å². The Morgan fingerprint density at radius 2 is 2.40 bits per heavy atom. The number of hydrogen-bond acceptors (Lipinski definition) is 2. The van der Waals surface area contributed by atoms with Crippen molar-refractivity contribution < 1.29 is 9.53 Å². The van der Waals surface area contributed by atoms with E-state index in [0.29, 0.717) is 5.92 Å². The molecule has 3 heteroatoms. The predicted molar refractivity (Wildman–Crippen MR) is 47.1 cm³/mol. The summed E-state index contributed by atoms with van der Waals surface area (Å²) in [6.07, 6.45) is 0.185. The van der Waals surface area contributed by atoms with Gasteiger partial charge in [-0.3, -0.25) is 4.79 Å². The molecule has 3 atom stereocenters. The largest absolute Gasteiger partial charge is 0.461 e. The predicted octanol–water partition coefficient (Wildman–Crippen LogP) is 1.62. The molecule has 1 aliphatic heterocycles. The number of ether oxygens (including phenoxy) is 1. The normalized spacial score (nSPS) is 34.5. The molecule has 1 fully saturated rings. The summed E-state index contributed by atoms with van der Waals surface area (Å²) in [5.74, 6) is 0.597. The third kappa shape index (κ3) is 1.28. The van der Waals surface area contributed by atoms with Gasteiger partial charge in [0.2, 0.25) is 0 Å². The Labute approximate surface area is 74.5 Å². The van der Waals surface area contributed by atoms with Crippen LogP contribution in [0.15, 0.2) is 0 Å². The Hall–Kier alpha value is 0.200. The Kier molecular flexibility index (Phi) is 2.55. The van der Waals surface area contributed by atoms with E-state index < -0.39 is 0 Å². The number of halogens is 1. The molecule has 0 bridgehead atoms. The van der Waals surface area contributed by atoms with Crippen LogP contribution in [0.3, 0.4) is 0 Å². The Bertz CT molecular complexity index is 147. The van der Waals surface area contributed by atoms with E-state index in [0.717, 1.165) is 4.43 Å². The fourth-order valence-electron chi connectivity index (χ4n) is 1.10. The lowest BCUT2D eigenvalue weighted by molar-refractivity contribution is -0.187. The summed E-state index contributed by atoms with van der Waals surface area (Å²) < 4.78 is 6.02. The van der Waals surface area contributed by atoms with Crippen LogP contribution in [0.2, 0.25) is 0 Å². The van der Waals surface area contributed by atoms with Crippen molar-refractivity contribution in [3.63, 3.8) is 0 Å². The molecule has 0 aliphatic carbocycles. The van der Waals surface area contributed by atoms with Gasteiger partial charge in [0.1, 0.15) is 6.10 Å². The van der Waals surface area contributed by atoms with Crippen molar-refractivity contribution in [1.29, 1.82) is 0 Å². The Balaban J connectivity index is 2.39. The van der Waals surface area contributed by atoms with E-state index in [1.165, 1.54) is 0 Å². The summed E-state index contributed by atoms with van der Waals surface area (Å²) in [5, 5.41) is 0. The van der Waals surface area contributed by atoms with E-state index in [4.69, 9.17) is 4.74 Å². The molecular weight excluding hydrogens is 243 g/mol. The molecule has 0 unspecified atom stereocenters. The molecule has 0 amide bonds. The molecule has 58 valence electrons. The summed E-state index contributed by atoms with van der Waals surface area (Å²) >= 11 is 2.31. The number of esters is 1. The topological polar surface area (TPSA) is 26.3 Å². The van der Waals surface area contributed by atoms with Crippen LogP contribution in [0.1, 0.15) is 13.8 Å². The summed E-state index contributed by atoms with van der Waals surface area (Å²) in [6.45, 7) is 4.04. The minimum atomic E-state index is -0.0401. The number of rotatable bonds is 2. The van der Waals surface area contributed by atoms with Crippen molar-refractivity contribution in [2.45, 2.75) is 20.0 Å². The average Bonchev–Trinajstić information content (AvgIpc) is 1.98. The highest BCUT2D eigenvalue weighted by Gasteiger charge is 2.41. The van der Waals surface area contributed by atoms with Crippen LogP contribution in [0.4, 0.5) is 0 Å². The van der Waals surface area contributed by atoms with E-state index in [1.54, 1.807) is 0 Å². The zero-order valence-corrected chi connectivity index (χ0v) is 8.29. The van der Waals surface area contributed by atoms with Crippen molar-refractivity contribution in [2.24, 2.45) is 11.8 Å². The lowest BCUT2D eigenvalue weighted by atomic mass is 9.90. The first-order chi connectivity index (χ1) is 4.66. The van der Waals surface area contributed by atoms with Gasteiger partial charge in [-0.15, -0.1) is 0 Å². The van der Waals surface area contributed by atoms with Crippen LogP contribution in [-0.4, -0.2) is 16.5 Å². The third-order valence-electron chi connectivity index (χ3n) is 1.92.